The van der Waals surface area contributed by atoms with E-state index in [2.05, 4.69) is 13.0 Å². The minimum atomic E-state index is -0.846. The summed E-state index contributed by atoms with van der Waals surface area (Å²) in [6.07, 6.45) is 6.45. The molecular weight excluding hydrogens is 316 g/mol. The number of carboxylic acids is 1. The second-order valence-corrected chi connectivity index (χ2v) is 8.35. The fraction of sp³-hybridized carbons (Fsp3) is 0.619. The summed E-state index contributed by atoms with van der Waals surface area (Å²) in [6, 6.07) is 5.68. The van der Waals surface area contributed by atoms with Crippen molar-refractivity contribution in [1.82, 2.24) is 0 Å². The molecule has 1 aromatic rings. The lowest BCUT2D eigenvalue weighted by molar-refractivity contribution is -0.154. The molecule has 3 aliphatic rings. The Balaban J connectivity index is 1.62. The van der Waals surface area contributed by atoms with Gasteiger partial charge in [-0.05, 0) is 79.5 Å². The first-order chi connectivity index (χ1) is 11.9. The van der Waals surface area contributed by atoms with Crippen molar-refractivity contribution in [3.05, 3.63) is 34.9 Å². The Hall–Kier alpha value is -1.84. The second kappa shape index (κ2) is 5.86. The first kappa shape index (κ1) is 16.6. The predicted octanol–water partition coefficient (Wildman–Crippen LogP) is 4.17. The Bertz CT molecular complexity index is 725. The number of carboxylic acid groups (broad SMARTS) is 1. The van der Waals surface area contributed by atoms with E-state index in [-0.39, 0.29) is 17.5 Å². The number of hydrogen-bond acceptors (Lipinski definition) is 3. The number of hydrogen-bond donors (Lipinski definition) is 1. The number of ether oxygens (including phenoxy) is 1. The molecule has 0 heterocycles. The lowest BCUT2D eigenvalue weighted by Gasteiger charge is -2.50. The molecule has 4 nitrogen and oxygen atoms in total. The van der Waals surface area contributed by atoms with Gasteiger partial charge in [-0.3, -0.25) is 4.79 Å². The van der Waals surface area contributed by atoms with Crippen LogP contribution in [0.5, 0.6) is 0 Å². The van der Waals surface area contributed by atoms with Gasteiger partial charge in [-0.15, -0.1) is 0 Å². The molecule has 0 radical (unpaired) electrons. The number of rotatable bonds is 2. The van der Waals surface area contributed by atoms with Gasteiger partial charge in [0.15, 0.2) is 0 Å². The molecule has 2 fully saturated rings. The van der Waals surface area contributed by atoms with Crippen molar-refractivity contribution in [3.8, 4) is 0 Å². The van der Waals surface area contributed by atoms with Gasteiger partial charge in [-0.2, -0.15) is 0 Å². The molecule has 0 amide bonds. The molecular formula is C21H26O4. The van der Waals surface area contributed by atoms with Crippen molar-refractivity contribution >= 4 is 11.9 Å². The lowest BCUT2D eigenvalue weighted by Crippen LogP contribution is -2.45. The minimum Gasteiger partial charge on any atom is -0.478 e. The molecule has 3 aliphatic carbocycles. The van der Waals surface area contributed by atoms with Crippen molar-refractivity contribution in [2.24, 2.45) is 17.3 Å². The third-order valence-electron chi connectivity index (χ3n) is 7.19. The molecule has 0 unspecified atom stereocenters. The summed E-state index contributed by atoms with van der Waals surface area (Å²) in [4.78, 5) is 22.7. The third-order valence-corrected chi connectivity index (χ3v) is 7.19. The topological polar surface area (TPSA) is 63.6 Å². The first-order valence-electron chi connectivity index (χ1n) is 9.43. The van der Waals surface area contributed by atoms with E-state index in [0.29, 0.717) is 23.3 Å². The van der Waals surface area contributed by atoms with Gasteiger partial charge in [0.1, 0.15) is 6.10 Å². The van der Waals surface area contributed by atoms with E-state index in [1.54, 1.807) is 6.07 Å². The summed E-state index contributed by atoms with van der Waals surface area (Å²) in [5, 5.41) is 9.24. The van der Waals surface area contributed by atoms with E-state index in [1.807, 2.05) is 6.07 Å². The van der Waals surface area contributed by atoms with Crippen LogP contribution in [0.15, 0.2) is 18.2 Å². The highest BCUT2D eigenvalue weighted by atomic mass is 16.5. The highest BCUT2D eigenvalue weighted by Crippen LogP contribution is 2.61. The maximum atomic E-state index is 11.5. The minimum absolute atomic E-state index is 0.0618. The lowest BCUT2D eigenvalue weighted by atomic mass is 9.55. The monoisotopic (exact) mass is 342 g/mol. The fourth-order valence-electron chi connectivity index (χ4n) is 6.06. The van der Waals surface area contributed by atoms with Gasteiger partial charge >= 0.3 is 11.9 Å². The average molecular weight is 342 g/mol. The zero-order chi connectivity index (χ0) is 17.8. The van der Waals surface area contributed by atoms with Crippen LogP contribution in [-0.2, 0) is 16.0 Å². The SMILES string of the molecule is CC(=O)O[C@@H]1CC[C@@H]2[C@@H]3CCc4cc(C(=O)O)ccc4[C@H]3CC[C@]21C. The van der Waals surface area contributed by atoms with Gasteiger partial charge < -0.3 is 9.84 Å². The second-order valence-electron chi connectivity index (χ2n) is 8.35. The molecule has 0 bridgehead atoms. The van der Waals surface area contributed by atoms with Crippen molar-refractivity contribution in [2.75, 3.05) is 0 Å². The summed E-state index contributed by atoms with van der Waals surface area (Å²) < 4.78 is 5.67. The fourth-order valence-corrected chi connectivity index (χ4v) is 6.06. The third kappa shape index (κ3) is 2.57. The molecule has 1 N–H and O–H groups in total. The van der Waals surface area contributed by atoms with Crippen molar-refractivity contribution in [3.63, 3.8) is 0 Å². The molecule has 25 heavy (non-hydrogen) atoms. The predicted molar refractivity (Wildman–Crippen MR) is 93.6 cm³/mol. The standard InChI is InChI=1S/C21H26O4/c1-12(22)25-19-8-7-18-17-6-3-13-11-14(20(23)24)4-5-15(13)16(17)9-10-21(18,19)2/h4-5,11,16-19H,3,6-10H2,1-2H3,(H,23,24)/t16-,17-,18-,19-,21-/m1/s1. The summed E-state index contributed by atoms with van der Waals surface area (Å²) in [6.45, 7) is 3.83. The number of aryl methyl sites for hydroxylation is 1. The summed E-state index contributed by atoms with van der Waals surface area (Å²) in [7, 11) is 0. The summed E-state index contributed by atoms with van der Waals surface area (Å²) >= 11 is 0. The number of carbonyl (C=O) groups is 2. The maximum Gasteiger partial charge on any atom is 0.335 e. The molecule has 0 saturated heterocycles. The van der Waals surface area contributed by atoms with Crippen molar-refractivity contribution in [1.29, 1.82) is 0 Å². The van der Waals surface area contributed by atoms with Crippen molar-refractivity contribution in [2.45, 2.75) is 64.4 Å². The van der Waals surface area contributed by atoms with Crippen LogP contribution in [0.2, 0.25) is 0 Å². The van der Waals surface area contributed by atoms with Gasteiger partial charge in [0.2, 0.25) is 0 Å². The van der Waals surface area contributed by atoms with Gasteiger partial charge in [0.25, 0.3) is 0 Å². The van der Waals surface area contributed by atoms with Crippen LogP contribution in [0.4, 0.5) is 0 Å². The van der Waals surface area contributed by atoms with Crippen LogP contribution in [0.25, 0.3) is 0 Å². The highest BCUT2D eigenvalue weighted by Gasteiger charge is 2.56. The first-order valence-corrected chi connectivity index (χ1v) is 9.43. The van der Waals surface area contributed by atoms with Crippen LogP contribution in [-0.4, -0.2) is 23.1 Å². The number of aromatic carboxylic acids is 1. The Labute approximate surface area is 148 Å². The molecule has 0 aromatic heterocycles. The van der Waals surface area contributed by atoms with E-state index < -0.39 is 5.97 Å². The largest absolute Gasteiger partial charge is 0.478 e. The van der Waals surface area contributed by atoms with Gasteiger partial charge in [0.05, 0.1) is 5.56 Å². The van der Waals surface area contributed by atoms with Gasteiger partial charge in [-0.25, -0.2) is 4.79 Å². The van der Waals surface area contributed by atoms with Crippen LogP contribution in [0.3, 0.4) is 0 Å². The van der Waals surface area contributed by atoms with E-state index in [4.69, 9.17) is 4.74 Å². The maximum absolute atomic E-state index is 11.5. The van der Waals surface area contributed by atoms with Crippen LogP contribution < -0.4 is 0 Å². The summed E-state index contributed by atoms with van der Waals surface area (Å²) in [5.41, 5.74) is 3.08. The molecule has 4 rings (SSSR count). The molecule has 0 aliphatic heterocycles. The van der Waals surface area contributed by atoms with Crippen LogP contribution in [0.1, 0.15) is 73.4 Å². The zero-order valence-electron chi connectivity index (χ0n) is 15.0. The smallest absolute Gasteiger partial charge is 0.335 e. The normalized spacial score (nSPS) is 36.1. The van der Waals surface area contributed by atoms with Gasteiger partial charge in [-0.1, -0.05) is 13.0 Å². The quantitative estimate of drug-likeness (QED) is 0.819. The number of fused-ring (bicyclic) bond motifs is 5. The Kier molecular flexibility index (Phi) is 3.89. The number of esters is 1. The molecule has 0 spiro atoms. The molecule has 5 atom stereocenters. The summed E-state index contributed by atoms with van der Waals surface area (Å²) in [5.74, 6) is 0.747. The van der Waals surface area contributed by atoms with Gasteiger partial charge in [0, 0.05) is 12.3 Å². The van der Waals surface area contributed by atoms with Crippen LogP contribution in [0, 0.1) is 17.3 Å². The molecule has 2 saturated carbocycles. The molecule has 4 heteroatoms. The van der Waals surface area contributed by atoms with E-state index in [9.17, 15) is 14.7 Å². The zero-order valence-corrected chi connectivity index (χ0v) is 15.0. The van der Waals surface area contributed by atoms with Crippen molar-refractivity contribution < 1.29 is 19.4 Å². The Morgan fingerprint density at radius 3 is 2.72 bits per heavy atom. The average Bonchev–Trinajstić information content (AvgIpc) is 2.90. The Morgan fingerprint density at radius 2 is 2.00 bits per heavy atom. The number of carbonyl (C=O) groups excluding carboxylic acids is 1. The van der Waals surface area contributed by atoms with E-state index in [0.717, 1.165) is 38.5 Å². The van der Waals surface area contributed by atoms with E-state index >= 15 is 0 Å². The Morgan fingerprint density at radius 1 is 1.20 bits per heavy atom. The molecule has 134 valence electrons. The highest BCUT2D eigenvalue weighted by molar-refractivity contribution is 5.88. The van der Waals surface area contributed by atoms with E-state index in [1.165, 1.54) is 18.1 Å². The van der Waals surface area contributed by atoms with Crippen LogP contribution >= 0.6 is 0 Å². The number of benzene rings is 1. The molecule has 1 aromatic carbocycles.